The van der Waals surface area contributed by atoms with E-state index in [2.05, 4.69) is 36.8 Å². The Bertz CT molecular complexity index is 805. The molecule has 0 N–H and O–H groups in total. The van der Waals surface area contributed by atoms with Crippen LogP contribution in [0.5, 0.6) is 0 Å². The van der Waals surface area contributed by atoms with Gasteiger partial charge in [-0.05, 0) is 30.3 Å². The molecule has 1 aliphatic rings. The first kappa shape index (κ1) is 16.9. The van der Waals surface area contributed by atoms with Crippen LogP contribution in [0.2, 0.25) is 0 Å². The van der Waals surface area contributed by atoms with Gasteiger partial charge in [0.1, 0.15) is 0 Å². The number of fused-ring (bicyclic) bond motifs is 1. The number of nitrogens with zero attached hydrogens (tertiary/aromatic N) is 5. The number of hydrogen-bond acceptors (Lipinski definition) is 5. The lowest BCUT2D eigenvalue weighted by Gasteiger charge is -2.23. The fourth-order valence-corrected chi connectivity index (χ4v) is 3.38. The highest BCUT2D eigenvalue weighted by molar-refractivity contribution is 5.06. The molecule has 1 atom stereocenters. The summed E-state index contributed by atoms with van der Waals surface area (Å²) in [6, 6.07) is 14.1. The van der Waals surface area contributed by atoms with Crippen molar-refractivity contribution >= 4 is 0 Å². The number of aromatic nitrogens is 4. The summed E-state index contributed by atoms with van der Waals surface area (Å²) in [5.74, 6) is 0.378. The highest BCUT2D eigenvalue weighted by atomic mass is 16.5. The maximum atomic E-state index is 5.96. The highest BCUT2D eigenvalue weighted by Gasteiger charge is 2.23. The standard InChI is InChI=1S/C20H23N5O/c1-3-8-21-18(5-1)13-24-11-17(12-25-20(14-24)7-10-23-25)15-26-16-19-6-2-4-9-22-19/h1-10,17H,11-16H2/t17-/m1/s1. The Morgan fingerprint density at radius 3 is 2.50 bits per heavy atom. The SMILES string of the molecule is c1ccc(COC[C@@H]2CN(Cc3ccccn3)Cc3ccnn3C2)nc1. The van der Waals surface area contributed by atoms with Gasteiger partial charge in [-0.15, -0.1) is 0 Å². The molecule has 0 aromatic carbocycles. The first-order chi connectivity index (χ1) is 12.9. The minimum atomic E-state index is 0.378. The van der Waals surface area contributed by atoms with E-state index in [0.717, 1.165) is 37.6 Å². The molecule has 0 bridgehead atoms. The molecule has 0 fully saturated rings. The minimum Gasteiger partial charge on any atom is -0.375 e. The molecule has 6 nitrogen and oxygen atoms in total. The van der Waals surface area contributed by atoms with Crippen molar-refractivity contribution in [3.05, 3.63) is 78.1 Å². The monoisotopic (exact) mass is 349 g/mol. The molecule has 0 saturated carbocycles. The van der Waals surface area contributed by atoms with Crippen LogP contribution in [-0.2, 0) is 31.0 Å². The van der Waals surface area contributed by atoms with E-state index < -0.39 is 0 Å². The smallest absolute Gasteiger partial charge is 0.0887 e. The van der Waals surface area contributed by atoms with E-state index in [0.29, 0.717) is 19.1 Å². The van der Waals surface area contributed by atoms with Gasteiger partial charge in [0.05, 0.1) is 30.3 Å². The molecule has 0 saturated heterocycles. The highest BCUT2D eigenvalue weighted by Crippen LogP contribution is 2.18. The minimum absolute atomic E-state index is 0.378. The van der Waals surface area contributed by atoms with E-state index in [1.807, 2.05) is 42.7 Å². The molecule has 4 rings (SSSR count). The Labute approximate surface area is 153 Å². The number of hydrogen-bond donors (Lipinski definition) is 0. The van der Waals surface area contributed by atoms with Gasteiger partial charge >= 0.3 is 0 Å². The average molecular weight is 349 g/mol. The summed E-state index contributed by atoms with van der Waals surface area (Å²) in [5, 5.41) is 4.48. The van der Waals surface area contributed by atoms with Crippen LogP contribution in [0.25, 0.3) is 0 Å². The van der Waals surface area contributed by atoms with Crippen molar-refractivity contribution in [2.24, 2.45) is 5.92 Å². The zero-order chi connectivity index (χ0) is 17.6. The van der Waals surface area contributed by atoms with Crippen molar-refractivity contribution in [3.8, 4) is 0 Å². The molecule has 0 unspecified atom stereocenters. The van der Waals surface area contributed by atoms with Gasteiger partial charge in [0.25, 0.3) is 0 Å². The second-order valence-electron chi connectivity index (χ2n) is 6.70. The molecule has 0 aliphatic carbocycles. The molecule has 4 heterocycles. The predicted molar refractivity (Wildman–Crippen MR) is 98.0 cm³/mol. The van der Waals surface area contributed by atoms with Crippen LogP contribution in [0.4, 0.5) is 0 Å². The Morgan fingerprint density at radius 2 is 1.73 bits per heavy atom. The molecule has 26 heavy (non-hydrogen) atoms. The van der Waals surface area contributed by atoms with Gasteiger partial charge in [-0.2, -0.15) is 5.10 Å². The van der Waals surface area contributed by atoms with Gasteiger partial charge in [0, 0.05) is 50.7 Å². The molecule has 0 spiro atoms. The van der Waals surface area contributed by atoms with E-state index in [1.54, 1.807) is 6.20 Å². The van der Waals surface area contributed by atoms with Crippen molar-refractivity contribution < 1.29 is 4.74 Å². The Morgan fingerprint density at radius 1 is 0.923 bits per heavy atom. The summed E-state index contributed by atoms with van der Waals surface area (Å²) in [5.41, 5.74) is 3.30. The third kappa shape index (κ3) is 4.33. The summed E-state index contributed by atoms with van der Waals surface area (Å²) in [4.78, 5) is 11.2. The lowest BCUT2D eigenvalue weighted by molar-refractivity contribution is 0.0638. The van der Waals surface area contributed by atoms with Crippen LogP contribution in [-0.4, -0.2) is 37.8 Å². The van der Waals surface area contributed by atoms with Crippen LogP contribution in [0.3, 0.4) is 0 Å². The van der Waals surface area contributed by atoms with Crippen molar-refractivity contribution in [1.29, 1.82) is 0 Å². The zero-order valence-electron chi connectivity index (χ0n) is 14.7. The number of ether oxygens (including phenoxy) is 1. The van der Waals surface area contributed by atoms with E-state index in [9.17, 15) is 0 Å². The summed E-state index contributed by atoms with van der Waals surface area (Å²) in [7, 11) is 0. The summed E-state index contributed by atoms with van der Waals surface area (Å²) in [6.45, 7) is 4.79. The lowest BCUT2D eigenvalue weighted by Crippen LogP contribution is -2.30. The quantitative estimate of drug-likeness (QED) is 0.684. The summed E-state index contributed by atoms with van der Waals surface area (Å²) >= 11 is 0. The van der Waals surface area contributed by atoms with E-state index >= 15 is 0 Å². The molecule has 0 amide bonds. The van der Waals surface area contributed by atoms with Crippen LogP contribution in [0, 0.1) is 5.92 Å². The Balaban J connectivity index is 1.40. The first-order valence-corrected chi connectivity index (χ1v) is 8.97. The fourth-order valence-electron chi connectivity index (χ4n) is 3.38. The maximum Gasteiger partial charge on any atom is 0.0887 e. The summed E-state index contributed by atoms with van der Waals surface area (Å²) < 4.78 is 8.06. The third-order valence-corrected chi connectivity index (χ3v) is 4.58. The van der Waals surface area contributed by atoms with Crippen LogP contribution in [0.15, 0.2) is 61.1 Å². The fraction of sp³-hybridized carbons (Fsp3) is 0.350. The van der Waals surface area contributed by atoms with Crippen molar-refractivity contribution in [1.82, 2.24) is 24.6 Å². The van der Waals surface area contributed by atoms with Gasteiger partial charge in [0.15, 0.2) is 0 Å². The molecule has 0 radical (unpaired) electrons. The van der Waals surface area contributed by atoms with Crippen molar-refractivity contribution in [2.75, 3.05) is 13.2 Å². The molecular formula is C20H23N5O. The first-order valence-electron chi connectivity index (χ1n) is 8.97. The third-order valence-electron chi connectivity index (χ3n) is 4.58. The van der Waals surface area contributed by atoms with Crippen molar-refractivity contribution in [2.45, 2.75) is 26.2 Å². The van der Waals surface area contributed by atoms with E-state index in [4.69, 9.17) is 4.74 Å². The second-order valence-corrected chi connectivity index (χ2v) is 6.70. The molecular weight excluding hydrogens is 326 g/mol. The van der Waals surface area contributed by atoms with Gasteiger partial charge in [-0.1, -0.05) is 12.1 Å². The van der Waals surface area contributed by atoms with Crippen LogP contribution < -0.4 is 0 Å². The molecule has 134 valence electrons. The van der Waals surface area contributed by atoms with Gasteiger partial charge in [-0.25, -0.2) is 0 Å². The number of rotatable bonds is 6. The molecule has 6 heteroatoms. The largest absolute Gasteiger partial charge is 0.375 e. The summed E-state index contributed by atoms with van der Waals surface area (Å²) in [6.07, 6.45) is 5.53. The van der Waals surface area contributed by atoms with Crippen LogP contribution in [0.1, 0.15) is 17.1 Å². The van der Waals surface area contributed by atoms with Gasteiger partial charge in [-0.3, -0.25) is 19.5 Å². The molecule has 3 aromatic rings. The lowest BCUT2D eigenvalue weighted by atomic mass is 10.1. The van der Waals surface area contributed by atoms with Crippen molar-refractivity contribution in [3.63, 3.8) is 0 Å². The Kier molecular flexibility index (Phi) is 5.33. The zero-order valence-corrected chi connectivity index (χ0v) is 14.7. The van der Waals surface area contributed by atoms with Crippen LogP contribution >= 0.6 is 0 Å². The molecule has 3 aromatic heterocycles. The van der Waals surface area contributed by atoms with Gasteiger partial charge in [0.2, 0.25) is 0 Å². The predicted octanol–water partition coefficient (Wildman–Crippen LogP) is 2.52. The number of pyridine rings is 2. The average Bonchev–Trinajstić information content (AvgIpc) is 3.03. The second kappa shape index (κ2) is 8.21. The Hall–Kier alpha value is -2.57. The normalized spacial score (nSPS) is 17.6. The molecule has 1 aliphatic heterocycles. The van der Waals surface area contributed by atoms with Gasteiger partial charge < -0.3 is 4.74 Å². The maximum absolute atomic E-state index is 5.96. The topological polar surface area (TPSA) is 56.1 Å². The van der Waals surface area contributed by atoms with E-state index in [1.165, 1.54) is 5.69 Å². The van der Waals surface area contributed by atoms with E-state index in [-0.39, 0.29) is 0 Å².